The Morgan fingerprint density at radius 3 is 2.71 bits per heavy atom. The third kappa shape index (κ3) is 4.82. The van der Waals surface area contributed by atoms with Gasteiger partial charge in [0, 0.05) is 10.3 Å². The van der Waals surface area contributed by atoms with Crippen molar-refractivity contribution in [1.29, 1.82) is 5.41 Å². The lowest BCUT2D eigenvalue weighted by Crippen LogP contribution is -2.30. The Hall–Kier alpha value is -0.960. The van der Waals surface area contributed by atoms with Crippen molar-refractivity contribution < 1.29 is 0 Å². The number of nitrogens with one attached hydrogen (secondary N) is 1. The van der Waals surface area contributed by atoms with E-state index in [1.807, 2.05) is 25.6 Å². The van der Waals surface area contributed by atoms with Crippen LogP contribution in [0, 0.1) is 17.7 Å². The molecule has 17 heavy (non-hydrogen) atoms. The van der Waals surface area contributed by atoms with Crippen LogP contribution < -0.4 is 5.73 Å². The highest BCUT2D eigenvalue weighted by Crippen LogP contribution is 2.25. The minimum Gasteiger partial charge on any atom is -0.387 e. The number of thioether (sulfide) groups is 1. The SMILES string of the molecule is Cc1cccc(SCCCC(C)(C)C(=N)N)c1. The minimum atomic E-state index is -0.160. The maximum Gasteiger partial charge on any atom is 0.0963 e. The van der Waals surface area contributed by atoms with Gasteiger partial charge in [0.2, 0.25) is 0 Å². The Morgan fingerprint density at radius 1 is 1.41 bits per heavy atom. The zero-order chi connectivity index (χ0) is 12.9. The number of amidine groups is 1. The van der Waals surface area contributed by atoms with E-state index in [-0.39, 0.29) is 11.3 Å². The maximum absolute atomic E-state index is 7.50. The van der Waals surface area contributed by atoms with Gasteiger partial charge in [0.15, 0.2) is 0 Å². The van der Waals surface area contributed by atoms with Crippen molar-refractivity contribution in [1.82, 2.24) is 0 Å². The molecule has 0 unspecified atom stereocenters. The molecule has 0 aliphatic rings. The van der Waals surface area contributed by atoms with E-state index in [0.717, 1.165) is 18.6 Å². The summed E-state index contributed by atoms with van der Waals surface area (Å²) in [7, 11) is 0. The molecule has 0 spiro atoms. The third-order valence-corrected chi connectivity index (χ3v) is 4.01. The molecule has 0 aromatic heterocycles. The fourth-order valence-corrected chi connectivity index (χ4v) is 2.51. The van der Waals surface area contributed by atoms with E-state index < -0.39 is 0 Å². The van der Waals surface area contributed by atoms with Crippen LogP contribution in [-0.2, 0) is 0 Å². The first-order valence-electron chi connectivity index (χ1n) is 5.96. The van der Waals surface area contributed by atoms with Crippen LogP contribution in [0.5, 0.6) is 0 Å². The van der Waals surface area contributed by atoms with Gasteiger partial charge in [-0.1, -0.05) is 31.5 Å². The predicted octanol–water partition coefficient (Wildman–Crippen LogP) is 3.83. The quantitative estimate of drug-likeness (QED) is 0.349. The topological polar surface area (TPSA) is 49.9 Å². The fraction of sp³-hybridized carbons (Fsp3) is 0.500. The maximum atomic E-state index is 7.50. The molecule has 0 radical (unpaired) electrons. The number of rotatable bonds is 6. The molecule has 3 N–H and O–H groups in total. The van der Waals surface area contributed by atoms with Crippen molar-refractivity contribution in [2.45, 2.75) is 38.5 Å². The number of benzene rings is 1. The van der Waals surface area contributed by atoms with Crippen LogP contribution in [0.2, 0.25) is 0 Å². The molecule has 2 nitrogen and oxygen atoms in total. The van der Waals surface area contributed by atoms with Crippen molar-refractivity contribution in [3.63, 3.8) is 0 Å². The van der Waals surface area contributed by atoms with Gasteiger partial charge < -0.3 is 5.73 Å². The molecule has 1 aromatic rings. The molecule has 0 bridgehead atoms. The van der Waals surface area contributed by atoms with Crippen molar-refractivity contribution in [3.05, 3.63) is 29.8 Å². The molecule has 0 aliphatic heterocycles. The molecule has 0 aliphatic carbocycles. The van der Waals surface area contributed by atoms with E-state index in [9.17, 15) is 0 Å². The molecule has 3 heteroatoms. The molecule has 0 fully saturated rings. The highest BCUT2D eigenvalue weighted by atomic mass is 32.2. The van der Waals surface area contributed by atoms with Crippen LogP contribution in [0.1, 0.15) is 32.3 Å². The summed E-state index contributed by atoms with van der Waals surface area (Å²) in [5, 5.41) is 7.50. The zero-order valence-corrected chi connectivity index (χ0v) is 11.7. The molecule has 0 saturated carbocycles. The number of hydrogen-bond acceptors (Lipinski definition) is 2. The summed E-state index contributed by atoms with van der Waals surface area (Å²) < 4.78 is 0. The van der Waals surface area contributed by atoms with E-state index in [1.54, 1.807) is 0 Å². The lowest BCUT2D eigenvalue weighted by molar-refractivity contribution is 0.464. The number of aryl methyl sites for hydroxylation is 1. The first-order chi connectivity index (χ1) is 7.92. The highest BCUT2D eigenvalue weighted by Gasteiger charge is 2.20. The summed E-state index contributed by atoms with van der Waals surface area (Å²) in [6.07, 6.45) is 2.06. The Kier molecular flexibility index (Phi) is 5.06. The molecular formula is C14H22N2S. The second-order valence-corrected chi connectivity index (χ2v) is 6.23. The summed E-state index contributed by atoms with van der Waals surface area (Å²) in [6, 6.07) is 8.56. The molecule has 0 atom stereocenters. The third-order valence-electron chi connectivity index (χ3n) is 2.93. The largest absolute Gasteiger partial charge is 0.387 e. The lowest BCUT2D eigenvalue weighted by atomic mass is 9.87. The summed E-state index contributed by atoms with van der Waals surface area (Å²) in [5.41, 5.74) is 6.71. The van der Waals surface area contributed by atoms with Gasteiger partial charge >= 0.3 is 0 Å². The van der Waals surface area contributed by atoms with Crippen LogP contribution in [0.25, 0.3) is 0 Å². The Balaban J connectivity index is 2.32. The van der Waals surface area contributed by atoms with E-state index in [1.165, 1.54) is 10.5 Å². The standard InChI is InChI=1S/C14H22N2S/c1-11-6-4-7-12(10-11)17-9-5-8-14(2,3)13(15)16/h4,6-7,10H,5,8-9H2,1-3H3,(H3,15,16). The van der Waals surface area contributed by atoms with Gasteiger partial charge in [0.1, 0.15) is 0 Å². The number of nitrogens with two attached hydrogens (primary N) is 1. The average Bonchev–Trinajstić information content (AvgIpc) is 2.24. The van der Waals surface area contributed by atoms with Crippen LogP contribution in [0.15, 0.2) is 29.2 Å². The normalized spacial score (nSPS) is 11.5. The zero-order valence-electron chi connectivity index (χ0n) is 10.9. The molecule has 0 heterocycles. The van der Waals surface area contributed by atoms with E-state index in [0.29, 0.717) is 0 Å². The molecule has 1 aromatic carbocycles. The van der Waals surface area contributed by atoms with Gasteiger partial charge in [-0.3, -0.25) is 5.41 Å². The smallest absolute Gasteiger partial charge is 0.0963 e. The Bertz CT molecular complexity index is 386. The van der Waals surface area contributed by atoms with Crippen LogP contribution in [0.4, 0.5) is 0 Å². The second-order valence-electron chi connectivity index (χ2n) is 5.07. The first kappa shape index (κ1) is 14.1. The van der Waals surface area contributed by atoms with E-state index >= 15 is 0 Å². The highest BCUT2D eigenvalue weighted by molar-refractivity contribution is 7.99. The van der Waals surface area contributed by atoms with Crippen molar-refractivity contribution in [3.8, 4) is 0 Å². The molecular weight excluding hydrogens is 228 g/mol. The second kappa shape index (κ2) is 6.10. The van der Waals surface area contributed by atoms with Gasteiger partial charge in [-0.25, -0.2) is 0 Å². The molecule has 0 saturated heterocycles. The van der Waals surface area contributed by atoms with Gasteiger partial charge in [0.25, 0.3) is 0 Å². The monoisotopic (exact) mass is 250 g/mol. The number of hydrogen-bond donors (Lipinski definition) is 2. The summed E-state index contributed by atoms with van der Waals surface area (Å²) in [5.74, 6) is 1.37. The van der Waals surface area contributed by atoms with Crippen LogP contribution in [0.3, 0.4) is 0 Å². The van der Waals surface area contributed by atoms with Crippen molar-refractivity contribution in [2.75, 3.05) is 5.75 Å². The van der Waals surface area contributed by atoms with Crippen molar-refractivity contribution >= 4 is 17.6 Å². The van der Waals surface area contributed by atoms with E-state index in [2.05, 4.69) is 31.2 Å². The Labute approximate surface area is 108 Å². The first-order valence-corrected chi connectivity index (χ1v) is 6.94. The average molecular weight is 250 g/mol. The minimum absolute atomic E-state index is 0.160. The predicted molar refractivity (Wildman–Crippen MR) is 76.8 cm³/mol. The van der Waals surface area contributed by atoms with Gasteiger partial charge in [-0.15, -0.1) is 11.8 Å². The van der Waals surface area contributed by atoms with Gasteiger partial charge in [-0.05, 0) is 37.7 Å². The summed E-state index contributed by atoms with van der Waals surface area (Å²) >= 11 is 1.88. The summed E-state index contributed by atoms with van der Waals surface area (Å²) in [4.78, 5) is 1.32. The van der Waals surface area contributed by atoms with Gasteiger partial charge in [0.05, 0.1) is 5.84 Å². The fourth-order valence-electron chi connectivity index (χ4n) is 1.54. The van der Waals surface area contributed by atoms with Gasteiger partial charge in [-0.2, -0.15) is 0 Å². The molecule has 0 amide bonds. The van der Waals surface area contributed by atoms with E-state index in [4.69, 9.17) is 11.1 Å². The van der Waals surface area contributed by atoms with Crippen molar-refractivity contribution in [2.24, 2.45) is 11.1 Å². The Morgan fingerprint density at radius 2 is 2.12 bits per heavy atom. The van der Waals surface area contributed by atoms with Crippen LogP contribution in [-0.4, -0.2) is 11.6 Å². The lowest BCUT2D eigenvalue weighted by Gasteiger charge is -2.22. The summed E-state index contributed by atoms with van der Waals surface area (Å²) in [6.45, 7) is 6.18. The van der Waals surface area contributed by atoms with Crippen LogP contribution >= 0.6 is 11.8 Å². The molecule has 1 rings (SSSR count). The molecule has 94 valence electrons.